The molecule has 0 aliphatic heterocycles. The number of aromatic nitrogens is 1. The van der Waals surface area contributed by atoms with Gasteiger partial charge in [-0.05, 0) is 42.9 Å². The molecule has 2 aromatic rings. The van der Waals surface area contributed by atoms with Crippen molar-refractivity contribution in [1.82, 2.24) is 4.98 Å². The van der Waals surface area contributed by atoms with E-state index < -0.39 is 5.76 Å². The van der Waals surface area contributed by atoms with Crippen molar-refractivity contribution in [3.63, 3.8) is 0 Å². The first kappa shape index (κ1) is 12.3. The Hall–Kier alpha value is -1.71. The highest BCUT2D eigenvalue weighted by Crippen LogP contribution is 2.36. The van der Waals surface area contributed by atoms with E-state index in [-0.39, 0.29) is 0 Å². The number of hydrogen-bond acceptors (Lipinski definition) is 3. The minimum Gasteiger partial charge on any atom is -0.408 e. The molecule has 1 aliphatic carbocycles. The maximum Gasteiger partial charge on any atom is 0.417 e. The molecule has 1 saturated carbocycles. The van der Waals surface area contributed by atoms with Crippen LogP contribution in [-0.2, 0) is 0 Å². The van der Waals surface area contributed by atoms with Crippen LogP contribution in [0.2, 0.25) is 0 Å². The zero-order valence-electron chi connectivity index (χ0n) is 11.5. The topological polar surface area (TPSA) is 58.0 Å². The van der Waals surface area contributed by atoms with Crippen LogP contribution < -0.4 is 11.1 Å². The lowest BCUT2D eigenvalue weighted by molar-refractivity contribution is 0.229. The van der Waals surface area contributed by atoms with Gasteiger partial charge in [0.25, 0.3) is 0 Å². The molecule has 0 saturated heterocycles. The third-order valence-corrected chi connectivity index (χ3v) is 3.99. The quantitative estimate of drug-likeness (QED) is 0.868. The molecule has 0 amide bonds. The maximum atomic E-state index is 11.1. The van der Waals surface area contributed by atoms with Crippen LogP contribution in [0.3, 0.4) is 0 Å². The molecule has 19 heavy (non-hydrogen) atoms. The van der Waals surface area contributed by atoms with Crippen LogP contribution >= 0.6 is 0 Å². The molecule has 1 aromatic heterocycles. The van der Waals surface area contributed by atoms with Gasteiger partial charge in [0, 0.05) is 11.7 Å². The summed E-state index contributed by atoms with van der Waals surface area (Å²) in [5.74, 6) is -0.397. The molecule has 1 unspecified atom stereocenters. The third kappa shape index (κ3) is 2.67. The van der Waals surface area contributed by atoms with Gasteiger partial charge in [-0.3, -0.25) is 4.98 Å². The number of aromatic amines is 1. The standard InChI is InChI=1S/C15H20N2O2/c1-15(2)7-3-4-11(9-15)16-10-5-6-13-12(8-10)17-14(18)19-13/h5-6,8,11,16H,3-4,7,9H2,1-2H3,(H,17,18). The molecular weight excluding hydrogens is 240 g/mol. The van der Waals surface area contributed by atoms with E-state index in [4.69, 9.17) is 4.42 Å². The number of oxazole rings is 1. The van der Waals surface area contributed by atoms with E-state index in [2.05, 4.69) is 24.1 Å². The second kappa shape index (κ2) is 4.44. The van der Waals surface area contributed by atoms with E-state index in [1.807, 2.05) is 18.2 Å². The van der Waals surface area contributed by atoms with Crippen LogP contribution in [0.25, 0.3) is 11.1 Å². The predicted molar refractivity (Wildman–Crippen MR) is 76.5 cm³/mol. The van der Waals surface area contributed by atoms with E-state index >= 15 is 0 Å². The van der Waals surface area contributed by atoms with Crippen molar-refractivity contribution in [3.05, 3.63) is 28.7 Å². The number of fused-ring (bicyclic) bond motifs is 1. The minimum absolute atomic E-state index is 0.397. The molecule has 0 radical (unpaired) electrons. The number of benzene rings is 1. The number of anilines is 1. The Kier molecular flexibility index (Phi) is 2.88. The second-order valence-corrected chi connectivity index (χ2v) is 6.33. The van der Waals surface area contributed by atoms with Crippen LogP contribution in [0.5, 0.6) is 0 Å². The smallest absolute Gasteiger partial charge is 0.408 e. The number of rotatable bonds is 2. The van der Waals surface area contributed by atoms with Crippen LogP contribution in [-0.4, -0.2) is 11.0 Å². The SMILES string of the molecule is CC1(C)CCCC(Nc2ccc3oc(=O)[nH]c3c2)C1. The third-order valence-electron chi connectivity index (χ3n) is 3.99. The molecule has 1 heterocycles. The van der Waals surface area contributed by atoms with Crippen molar-refractivity contribution in [1.29, 1.82) is 0 Å². The van der Waals surface area contributed by atoms with E-state index in [1.165, 1.54) is 25.7 Å². The molecular formula is C15H20N2O2. The number of hydrogen-bond donors (Lipinski definition) is 2. The van der Waals surface area contributed by atoms with E-state index in [0.29, 0.717) is 17.0 Å². The van der Waals surface area contributed by atoms with Gasteiger partial charge in [-0.25, -0.2) is 4.79 Å². The van der Waals surface area contributed by atoms with Crippen LogP contribution in [0.15, 0.2) is 27.4 Å². The zero-order valence-corrected chi connectivity index (χ0v) is 11.5. The number of H-pyrrole nitrogens is 1. The first-order valence-electron chi connectivity index (χ1n) is 6.91. The van der Waals surface area contributed by atoms with Crippen LogP contribution in [0.1, 0.15) is 39.5 Å². The van der Waals surface area contributed by atoms with Crippen LogP contribution in [0.4, 0.5) is 5.69 Å². The van der Waals surface area contributed by atoms with Crippen molar-refractivity contribution in [2.45, 2.75) is 45.6 Å². The molecule has 1 aromatic carbocycles. The summed E-state index contributed by atoms with van der Waals surface area (Å²) in [5, 5.41) is 3.57. The van der Waals surface area contributed by atoms with Crippen molar-refractivity contribution in [3.8, 4) is 0 Å². The Labute approximate surface area is 112 Å². The average molecular weight is 260 g/mol. The maximum absolute atomic E-state index is 11.1. The Balaban J connectivity index is 1.79. The molecule has 1 fully saturated rings. The fourth-order valence-electron chi connectivity index (χ4n) is 3.10. The lowest BCUT2D eigenvalue weighted by Gasteiger charge is -2.36. The summed E-state index contributed by atoms with van der Waals surface area (Å²) in [4.78, 5) is 13.8. The molecule has 0 spiro atoms. The Morgan fingerprint density at radius 3 is 3.05 bits per heavy atom. The average Bonchev–Trinajstić information content (AvgIpc) is 2.67. The number of nitrogens with one attached hydrogen (secondary N) is 2. The zero-order chi connectivity index (χ0) is 13.5. The van der Waals surface area contributed by atoms with Gasteiger partial charge in [-0.1, -0.05) is 20.3 Å². The largest absolute Gasteiger partial charge is 0.417 e. The predicted octanol–water partition coefficient (Wildman–Crippen LogP) is 3.50. The molecule has 3 rings (SSSR count). The highest BCUT2D eigenvalue weighted by atomic mass is 16.4. The summed E-state index contributed by atoms with van der Waals surface area (Å²) in [7, 11) is 0. The van der Waals surface area contributed by atoms with Crippen LogP contribution in [0, 0.1) is 5.41 Å². The van der Waals surface area contributed by atoms with Gasteiger partial charge in [0.15, 0.2) is 5.58 Å². The Morgan fingerprint density at radius 2 is 2.26 bits per heavy atom. The van der Waals surface area contributed by atoms with Crippen molar-refractivity contribution in [2.24, 2.45) is 5.41 Å². The lowest BCUT2D eigenvalue weighted by atomic mass is 9.75. The van der Waals surface area contributed by atoms with Gasteiger partial charge in [0.05, 0.1) is 5.52 Å². The first-order valence-corrected chi connectivity index (χ1v) is 6.91. The van der Waals surface area contributed by atoms with E-state index in [0.717, 1.165) is 11.2 Å². The van der Waals surface area contributed by atoms with Crippen molar-refractivity contribution < 1.29 is 4.42 Å². The van der Waals surface area contributed by atoms with Gasteiger partial charge >= 0.3 is 5.76 Å². The van der Waals surface area contributed by atoms with Gasteiger partial charge in [0.1, 0.15) is 0 Å². The van der Waals surface area contributed by atoms with Crippen molar-refractivity contribution in [2.75, 3.05) is 5.32 Å². The first-order chi connectivity index (χ1) is 9.02. The summed E-state index contributed by atoms with van der Waals surface area (Å²) in [6.45, 7) is 4.66. The molecule has 4 heteroatoms. The molecule has 4 nitrogen and oxygen atoms in total. The highest BCUT2D eigenvalue weighted by molar-refractivity contribution is 5.76. The fourth-order valence-corrected chi connectivity index (χ4v) is 3.10. The van der Waals surface area contributed by atoms with Gasteiger partial charge in [-0.2, -0.15) is 0 Å². The second-order valence-electron chi connectivity index (χ2n) is 6.33. The summed E-state index contributed by atoms with van der Waals surface area (Å²) in [5.41, 5.74) is 2.83. The monoisotopic (exact) mass is 260 g/mol. The fraction of sp³-hybridized carbons (Fsp3) is 0.533. The van der Waals surface area contributed by atoms with E-state index in [9.17, 15) is 4.79 Å². The Bertz CT molecular complexity index is 639. The molecule has 102 valence electrons. The molecule has 1 aliphatic rings. The molecule has 1 atom stereocenters. The summed E-state index contributed by atoms with van der Waals surface area (Å²) in [6, 6.07) is 6.27. The summed E-state index contributed by atoms with van der Waals surface area (Å²) >= 11 is 0. The summed E-state index contributed by atoms with van der Waals surface area (Å²) in [6.07, 6.45) is 4.98. The molecule has 2 N–H and O–H groups in total. The van der Waals surface area contributed by atoms with Gasteiger partial charge < -0.3 is 9.73 Å². The highest BCUT2D eigenvalue weighted by Gasteiger charge is 2.27. The normalized spacial score (nSPS) is 22.5. The van der Waals surface area contributed by atoms with Gasteiger partial charge in [-0.15, -0.1) is 0 Å². The van der Waals surface area contributed by atoms with Gasteiger partial charge in [0.2, 0.25) is 0 Å². The summed E-state index contributed by atoms with van der Waals surface area (Å²) < 4.78 is 5.01. The Morgan fingerprint density at radius 1 is 1.42 bits per heavy atom. The minimum atomic E-state index is -0.397. The lowest BCUT2D eigenvalue weighted by Crippen LogP contribution is -2.31. The van der Waals surface area contributed by atoms with E-state index in [1.54, 1.807) is 0 Å². The van der Waals surface area contributed by atoms with Crippen molar-refractivity contribution >= 4 is 16.8 Å². The molecule has 0 bridgehead atoms.